The standard InChI is InChI=1S/C11H14N4O5/c12-2-6(16)20-9-4-1-5(19-8(4)9)15-3-14-7(10(13)17)11(15)18/h3-5,8-9,18H,1-2,12H2,(H2,13,17)/t4?,5-,8+,9?/m1/s1. The highest BCUT2D eigenvalue weighted by Gasteiger charge is 2.61. The molecule has 5 N–H and O–H groups in total. The molecule has 9 heteroatoms. The smallest absolute Gasteiger partial charge is 0.320 e. The summed E-state index contributed by atoms with van der Waals surface area (Å²) in [5, 5.41) is 9.83. The Kier molecular flexibility index (Phi) is 2.87. The Morgan fingerprint density at radius 2 is 2.35 bits per heavy atom. The Bertz CT molecular complexity index is 559. The number of hydrogen-bond donors (Lipinski definition) is 3. The van der Waals surface area contributed by atoms with Crippen LogP contribution >= 0.6 is 0 Å². The molecule has 2 aliphatic rings. The average molecular weight is 282 g/mol. The third kappa shape index (κ3) is 1.91. The minimum atomic E-state index is -0.806. The molecular weight excluding hydrogens is 268 g/mol. The molecule has 1 aromatic heterocycles. The minimum absolute atomic E-state index is 0.0781. The van der Waals surface area contributed by atoms with Crippen LogP contribution in [0.25, 0.3) is 0 Å². The summed E-state index contributed by atoms with van der Waals surface area (Å²) in [5.41, 5.74) is 10.0. The van der Waals surface area contributed by atoms with Crippen molar-refractivity contribution < 1.29 is 24.2 Å². The van der Waals surface area contributed by atoms with E-state index in [1.54, 1.807) is 0 Å². The fourth-order valence-corrected chi connectivity index (χ4v) is 2.50. The molecule has 0 aromatic carbocycles. The lowest BCUT2D eigenvalue weighted by molar-refractivity contribution is -0.147. The van der Waals surface area contributed by atoms with Gasteiger partial charge in [0.1, 0.15) is 24.8 Å². The van der Waals surface area contributed by atoms with E-state index in [1.807, 2.05) is 0 Å². The zero-order chi connectivity index (χ0) is 14.4. The summed E-state index contributed by atoms with van der Waals surface area (Å²) in [6.45, 7) is -0.163. The van der Waals surface area contributed by atoms with Gasteiger partial charge < -0.3 is 26.0 Å². The molecule has 2 fully saturated rings. The number of rotatable bonds is 4. The summed E-state index contributed by atoms with van der Waals surface area (Å²) in [5.74, 6) is -1.51. The van der Waals surface area contributed by atoms with E-state index in [0.717, 1.165) is 0 Å². The molecule has 9 nitrogen and oxygen atoms in total. The highest BCUT2D eigenvalue weighted by molar-refractivity contribution is 5.93. The predicted octanol–water partition coefficient (Wildman–Crippen LogP) is -1.52. The lowest BCUT2D eigenvalue weighted by Gasteiger charge is -2.17. The molecule has 1 aliphatic carbocycles. The summed E-state index contributed by atoms with van der Waals surface area (Å²) < 4.78 is 12.1. The number of nitrogens with zero attached hydrogens (tertiary/aromatic N) is 2. The maximum absolute atomic E-state index is 11.1. The van der Waals surface area contributed by atoms with Crippen LogP contribution in [0.1, 0.15) is 23.1 Å². The second-order valence-electron chi connectivity index (χ2n) is 4.80. The number of hydrogen-bond acceptors (Lipinski definition) is 7. The molecule has 0 bridgehead atoms. The van der Waals surface area contributed by atoms with Crippen molar-refractivity contribution in [2.24, 2.45) is 17.4 Å². The number of carbonyl (C=O) groups excluding carboxylic acids is 2. The van der Waals surface area contributed by atoms with E-state index in [0.29, 0.717) is 6.42 Å². The summed E-state index contributed by atoms with van der Waals surface area (Å²) in [6, 6.07) is 0. The van der Waals surface area contributed by atoms with Gasteiger partial charge in [-0.2, -0.15) is 0 Å². The van der Waals surface area contributed by atoms with Crippen LogP contribution in [0.5, 0.6) is 5.88 Å². The topological polar surface area (TPSA) is 143 Å². The van der Waals surface area contributed by atoms with Crippen LogP contribution in [0.3, 0.4) is 0 Å². The Morgan fingerprint density at radius 1 is 1.60 bits per heavy atom. The first kappa shape index (κ1) is 12.9. The number of nitrogens with two attached hydrogens (primary N) is 2. The van der Waals surface area contributed by atoms with Gasteiger partial charge in [-0.25, -0.2) is 4.98 Å². The van der Waals surface area contributed by atoms with Crippen molar-refractivity contribution >= 4 is 11.9 Å². The van der Waals surface area contributed by atoms with Crippen LogP contribution in [-0.2, 0) is 14.3 Å². The molecule has 4 atom stereocenters. The van der Waals surface area contributed by atoms with Gasteiger partial charge in [-0.15, -0.1) is 0 Å². The van der Waals surface area contributed by atoms with Gasteiger partial charge in [0.05, 0.1) is 6.54 Å². The van der Waals surface area contributed by atoms with Crippen LogP contribution < -0.4 is 11.5 Å². The van der Waals surface area contributed by atoms with Gasteiger partial charge in [0.2, 0.25) is 5.88 Å². The number of aromatic hydroxyl groups is 1. The first-order chi connectivity index (χ1) is 9.52. The Hall–Kier alpha value is -2.13. The van der Waals surface area contributed by atoms with Crippen molar-refractivity contribution in [3.05, 3.63) is 12.0 Å². The van der Waals surface area contributed by atoms with E-state index < -0.39 is 18.1 Å². The molecule has 1 saturated heterocycles. The third-order valence-corrected chi connectivity index (χ3v) is 3.56. The molecule has 1 aromatic rings. The zero-order valence-corrected chi connectivity index (χ0v) is 10.4. The van der Waals surface area contributed by atoms with Crippen LogP contribution in [0.4, 0.5) is 0 Å². The molecule has 0 spiro atoms. The second-order valence-corrected chi connectivity index (χ2v) is 4.80. The summed E-state index contributed by atoms with van der Waals surface area (Å²) in [6.07, 6.45) is 0.928. The van der Waals surface area contributed by atoms with E-state index in [2.05, 4.69) is 4.98 Å². The number of aromatic nitrogens is 2. The fourth-order valence-electron chi connectivity index (χ4n) is 2.50. The SMILES string of the molecule is NCC(=O)OC1C2C[C@H](n3cnc(C(N)=O)c3O)O[C@@H]21. The number of esters is 1. The molecule has 0 radical (unpaired) electrons. The van der Waals surface area contributed by atoms with Crippen LogP contribution in [0, 0.1) is 5.92 Å². The normalized spacial score (nSPS) is 30.9. The van der Waals surface area contributed by atoms with Gasteiger partial charge in [-0.05, 0) is 0 Å². The average Bonchev–Trinajstić information content (AvgIpc) is 2.82. The lowest BCUT2D eigenvalue weighted by atomic mass is 10.3. The highest BCUT2D eigenvalue weighted by atomic mass is 16.6. The molecule has 108 valence electrons. The summed E-state index contributed by atoms with van der Waals surface area (Å²) >= 11 is 0. The number of primary amides is 1. The maximum atomic E-state index is 11.1. The Labute approximate surface area is 113 Å². The Balaban J connectivity index is 1.64. The maximum Gasteiger partial charge on any atom is 0.320 e. The molecule has 3 rings (SSSR count). The highest BCUT2D eigenvalue weighted by Crippen LogP contribution is 2.52. The molecular formula is C11H14N4O5. The van der Waals surface area contributed by atoms with Crippen molar-refractivity contribution in [3.8, 4) is 5.88 Å². The van der Waals surface area contributed by atoms with Crippen molar-refractivity contribution in [1.29, 1.82) is 0 Å². The number of imidazole rings is 1. The van der Waals surface area contributed by atoms with Gasteiger partial charge in [0.25, 0.3) is 5.91 Å². The fraction of sp³-hybridized carbons (Fsp3) is 0.545. The molecule has 1 amide bonds. The van der Waals surface area contributed by atoms with E-state index >= 15 is 0 Å². The van der Waals surface area contributed by atoms with E-state index in [4.69, 9.17) is 20.9 Å². The van der Waals surface area contributed by atoms with E-state index in [1.165, 1.54) is 10.9 Å². The van der Waals surface area contributed by atoms with Gasteiger partial charge >= 0.3 is 5.97 Å². The first-order valence-electron chi connectivity index (χ1n) is 6.13. The van der Waals surface area contributed by atoms with Crippen LogP contribution in [0.2, 0.25) is 0 Å². The van der Waals surface area contributed by atoms with Crippen LogP contribution in [0.15, 0.2) is 6.33 Å². The summed E-state index contributed by atoms with van der Waals surface area (Å²) in [7, 11) is 0. The lowest BCUT2D eigenvalue weighted by Crippen LogP contribution is -2.22. The van der Waals surface area contributed by atoms with Gasteiger partial charge in [-0.3, -0.25) is 14.2 Å². The minimum Gasteiger partial charge on any atom is -0.493 e. The van der Waals surface area contributed by atoms with Gasteiger partial charge in [0.15, 0.2) is 5.69 Å². The van der Waals surface area contributed by atoms with E-state index in [-0.39, 0.29) is 36.2 Å². The molecule has 20 heavy (non-hydrogen) atoms. The molecule has 1 saturated carbocycles. The van der Waals surface area contributed by atoms with Crippen molar-refractivity contribution in [2.75, 3.05) is 6.54 Å². The third-order valence-electron chi connectivity index (χ3n) is 3.56. The largest absolute Gasteiger partial charge is 0.493 e. The molecule has 2 heterocycles. The molecule has 1 aliphatic heterocycles. The number of fused-ring (bicyclic) bond motifs is 1. The number of ether oxygens (including phenoxy) is 2. The first-order valence-corrected chi connectivity index (χ1v) is 6.13. The second kappa shape index (κ2) is 4.46. The number of amides is 1. The molecule has 2 unspecified atom stereocenters. The van der Waals surface area contributed by atoms with Crippen molar-refractivity contribution in [3.63, 3.8) is 0 Å². The van der Waals surface area contributed by atoms with Crippen molar-refractivity contribution in [1.82, 2.24) is 9.55 Å². The van der Waals surface area contributed by atoms with Gasteiger partial charge in [0, 0.05) is 12.3 Å². The number of carbonyl (C=O) groups is 2. The van der Waals surface area contributed by atoms with E-state index in [9.17, 15) is 14.7 Å². The van der Waals surface area contributed by atoms with Gasteiger partial charge in [-0.1, -0.05) is 0 Å². The Morgan fingerprint density at radius 3 is 2.85 bits per heavy atom. The predicted molar refractivity (Wildman–Crippen MR) is 63.4 cm³/mol. The zero-order valence-electron chi connectivity index (χ0n) is 10.4. The monoisotopic (exact) mass is 282 g/mol. The summed E-state index contributed by atoms with van der Waals surface area (Å²) in [4.78, 5) is 25.8. The quantitative estimate of drug-likeness (QED) is 0.569. The van der Waals surface area contributed by atoms with Crippen LogP contribution in [-0.4, -0.2) is 45.3 Å². The van der Waals surface area contributed by atoms with Crippen molar-refractivity contribution in [2.45, 2.75) is 24.9 Å².